The van der Waals surface area contributed by atoms with E-state index in [2.05, 4.69) is 5.32 Å². The zero-order valence-corrected chi connectivity index (χ0v) is 15.6. The normalized spacial score (nSPS) is 10.4. The van der Waals surface area contributed by atoms with E-state index in [9.17, 15) is 9.18 Å². The molecule has 0 fully saturated rings. The Morgan fingerprint density at radius 3 is 2.40 bits per heavy atom. The molecule has 25 heavy (non-hydrogen) atoms. The average molecular weight is 363 g/mol. The number of rotatable bonds is 7. The van der Waals surface area contributed by atoms with Crippen molar-refractivity contribution < 1.29 is 18.7 Å². The van der Waals surface area contributed by atoms with Crippen molar-refractivity contribution in [3.05, 3.63) is 52.8 Å². The minimum Gasteiger partial charge on any atom is -0.493 e. The predicted octanol–water partition coefficient (Wildman–Crippen LogP) is 4.33. The van der Waals surface area contributed by atoms with E-state index in [1.54, 1.807) is 27.2 Å². The van der Waals surface area contributed by atoms with Crippen LogP contribution in [-0.2, 0) is 10.5 Å². The van der Waals surface area contributed by atoms with E-state index in [4.69, 9.17) is 9.47 Å². The average Bonchev–Trinajstić information content (AvgIpc) is 2.58. The third-order valence-corrected chi connectivity index (χ3v) is 4.78. The molecule has 0 saturated heterocycles. The second-order valence-corrected chi connectivity index (χ2v) is 6.62. The molecule has 134 valence electrons. The minimum atomic E-state index is -0.311. The van der Waals surface area contributed by atoms with Crippen LogP contribution >= 0.6 is 11.8 Å². The summed E-state index contributed by atoms with van der Waals surface area (Å²) >= 11 is 1.51. The maximum Gasteiger partial charge on any atom is 0.234 e. The number of hydrogen-bond donors (Lipinski definition) is 1. The number of anilines is 1. The van der Waals surface area contributed by atoms with Crippen molar-refractivity contribution in [2.75, 3.05) is 25.3 Å². The number of ether oxygens (including phenoxy) is 2. The lowest BCUT2D eigenvalue weighted by molar-refractivity contribution is -0.113. The fraction of sp³-hybridized carbons (Fsp3) is 0.316. The van der Waals surface area contributed by atoms with E-state index in [0.29, 0.717) is 34.3 Å². The third-order valence-electron chi connectivity index (χ3n) is 3.80. The van der Waals surface area contributed by atoms with Gasteiger partial charge in [-0.05, 0) is 60.9 Å². The number of methoxy groups -OCH3 is 2. The maximum atomic E-state index is 13.1. The lowest BCUT2D eigenvalue weighted by Crippen LogP contribution is -2.15. The fourth-order valence-corrected chi connectivity index (χ4v) is 3.28. The van der Waals surface area contributed by atoms with Crippen LogP contribution in [0.15, 0.2) is 30.3 Å². The van der Waals surface area contributed by atoms with Crippen molar-refractivity contribution in [2.24, 2.45) is 0 Å². The standard InChI is InChI=1S/C19H22FNO3S/c1-12-8-17(23-3)18(24-4)9-14(12)10-25-11-19(22)21-16-6-5-15(20)7-13(16)2/h5-9H,10-11H2,1-4H3,(H,21,22). The summed E-state index contributed by atoms with van der Waals surface area (Å²) in [4.78, 5) is 12.1. The Labute approximate surface area is 151 Å². The molecule has 2 aromatic rings. The summed E-state index contributed by atoms with van der Waals surface area (Å²) in [5.74, 6) is 1.94. The number of carbonyl (C=O) groups is 1. The van der Waals surface area contributed by atoms with Gasteiger partial charge >= 0.3 is 0 Å². The topological polar surface area (TPSA) is 47.6 Å². The number of carbonyl (C=O) groups excluding carboxylic acids is 1. The van der Waals surface area contributed by atoms with Crippen LogP contribution in [0.25, 0.3) is 0 Å². The van der Waals surface area contributed by atoms with Crippen LogP contribution in [0.4, 0.5) is 10.1 Å². The molecule has 0 heterocycles. The molecule has 2 rings (SSSR count). The zero-order chi connectivity index (χ0) is 18.4. The first-order valence-corrected chi connectivity index (χ1v) is 8.95. The van der Waals surface area contributed by atoms with Crippen molar-refractivity contribution in [3.63, 3.8) is 0 Å². The molecule has 0 atom stereocenters. The molecule has 0 spiro atoms. The Bertz CT molecular complexity index is 765. The number of nitrogens with one attached hydrogen (secondary N) is 1. The van der Waals surface area contributed by atoms with Gasteiger partial charge in [-0.3, -0.25) is 4.79 Å². The fourth-order valence-electron chi connectivity index (χ4n) is 2.39. The predicted molar refractivity (Wildman–Crippen MR) is 100 cm³/mol. The van der Waals surface area contributed by atoms with Gasteiger partial charge in [-0.1, -0.05) is 0 Å². The summed E-state index contributed by atoms with van der Waals surface area (Å²) in [5, 5.41) is 2.81. The Morgan fingerprint density at radius 1 is 1.08 bits per heavy atom. The Hall–Kier alpha value is -2.21. The summed E-state index contributed by atoms with van der Waals surface area (Å²) in [6.07, 6.45) is 0. The summed E-state index contributed by atoms with van der Waals surface area (Å²) in [7, 11) is 3.20. The number of benzene rings is 2. The van der Waals surface area contributed by atoms with Crippen molar-refractivity contribution in [3.8, 4) is 11.5 Å². The van der Waals surface area contributed by atoms with Crippen molar-refractivity contribution in [1.82, 2.24) is 0 Å². The lowest BCUT2D eigenvalue weighted by atomic mass is 10.1. The number of aryl methyl sites for hydroxylation is 2. The Morgan fingerprint density at radius 2 is 1.76 bits per heavy atom. The van der Waals surface area contributed by atoms with Gasteiger partial charge in [-0.25, -0.2) is 4.39 Å². The molecule has 0 radical (unpaired) electrons. The first kappa shape index (κ1) is 19.1. The SMILES string of the molecule is COc1cc(C)c(CSCC(=O)Nc2ccc(F)cc2C)cc1OC. The summed E-state index contributed by atoms with van der Waals surface area (Å²) in [5.41, 5.74) is 3.51. The number of halogens is 1. The quantitative estimate of drug-likeness (QED) is 0.795. The smallest absolute Gasteiger partial charge is 0.234 e. The molecular weight excluding hydrogens is 341 g/mol. The monoisotopic (exact) mass is 363 g/mol. The lowest BCUT2D eigenvalue weighted by Gasteiger charge is -2.13. The van der Waals surface area contributed by atoms with Crippen LogP contribution in [0.1, 0.15) is 16.7 Å². The first-order valence-electron chi connectivity index (χ1n) is 7.80. The summed E-state index contributed by atoms with van der Waals surface area (Å²) < 4.78 is 23.7. The van der Waals surface area contributed by atoms with Gasteiger partial charge in [0, 0.05) is 11.4 Å². The molecule has 4 nitrogen and oxygen atoms in total. The molecule has 0 saturated carbocycles. The molecule has 6 heteroatoms. The third kappa shape index (κ3) is 5.13. The molecule has 2 aromatic carbocycles. The van der Waals surface area contributed by atoms with E-state index in [1.807, 2.05) is 19.1 Å². The number of thioether (sulfide) groups is 1. The van der Waals surface area contributed by atoms with Gasteiger partial charge in [-0.15, -0.1) is 11.8 Å². The van der Waals surface area contributed by atoms with E-state index in [0.717, 1.165) is 11.1 Å². The van der Waals surface area contributed by atoms with Crippen molar-refractivity contribution in [1.29, 1.82) is 0 Å². The van der Waals surface area contributed by atoms with Crippen molar-refractivity contribution in [2.45, 2.75) is 19.6 Å². The van der Waals surface area contributed by atoms with E-state index in [-0.39, 0.29) is 11.7 Å². The van der Waals surface area contributed by atoms with Gasteiger partial charge in [0.1, 0.15) is 5.82 Å². The highest BCUT2D eigenvalue weighted by atomic mass is 32.2. The second kappa shape index (κ2) is 8.76. The number of hydrogen-bond acceptors (Lipinski definition) is 4. The van der Waals surface area contributed by atoms with Gasteiger partial charge in [0.15, 0.2) is 11.5 Å². The van der Waals surface area contributed by atoms with Crippen LogP contribution < -0.4 is 14.8 Å². The largest absolute Gasteiger partial charge is 0.493 e. The Balaban J connectivity index is 1.93. The molecule has 0 aliphatic carbocycles. The molecule has 0 aliphatic heterocycles. The maximum absolute atomic E-state index is 13.1. The van der Waals surface area contributed by atoms with Gasteiger partial charge in [0.05, 0.1) is 20.0 Å². The van der Waals surface area contributed by atoms with E-state index >= 15 is 0 Å². The van der Waals surface area contributed by atoms with Gasteiger partial charge < -0.3 is 14.8 Å². The Kier molecular flexibility index (Phi) is 6.70. The van der Waals surface area contributed by atoms with Crippen molar-refractivity contribution >= 4 is 23.4 Å². The van der Waals surface area contributed by atoms with Gasteiger partial charge in [-0.2, -0.15) is 0 Å². The van der Waals surface area contributed by atoms with Crippen LogP contribution in [0.5, 0.6) is 11.5 Å². The highest BCUT2D eigenvalue weighted by Gasteiger charge is 2.10. The van der Waals surface area contributed by atoms with Crippen LogP contribution in [0, 0.1) is 19.7 Å². The zero-order valence-electron chi connectivity index (χ0n) is 14.8. The molecule has 1 amide bonds. The summed E-state index contributed by atoms with van der Waals surface area (Å²) in [6, 6.07) is 8.17. The van der Waals surface area contributed by atoms with Crippen LogP contribution in [0.2, 0.25) is 0 Å². The van der Waals surface area contributed by atoms with Gasteiger partial charge in [0.25, 0.3) is 0 Å². The van der Waals surface area contributed by atoms with E-state index in [1.165, 1.54) is 23.9 Å². The molecule has 1 N–H and O–H groups in total. The number of amides is 1. The first-order chi connectivity index (χ1) is 11.9. The highest BCUT2D eigenvalue weighted by Crippen LogP contribution is 2.31. The molecular formula is C19H22FNO3S. The van der Waals surface area contributed by atoms with Gasteiger partial charge in [0.2, 0.25) is 5.91 Å². The van der Waals surface area contributed by atoms with E-state index < -0.39 is 0 Å². The highest BCUT2D eigenvalue weighted by molar-refractivity contribution is 7.99. The van der Waals surface area contributed by atoms with Crippen LogP contribution in [-0.4, -0.2) is 25.9 Å². The summed E-state index contributed by atoms with van der Waals surface area (Å²) in [6.45, 7) is 3.76. The molecule has 0 aliphatic rings. The minimum absolute atomic E-state index is 0.113. The second-order valence-electron chi connectivity index (χ2n) is 5.63. The molecule has 0 bridgehead atoms. The molecule has 0 unspecified atom stereocenters. The van der Waals surface area contributed by atoms with Crippen LogP contribution in [0.3, 0.4) is 0 Å². The molecule has 0 aromatic heterocycles.